The molecule has 0 bridgehead atoms. The summed E-state index contributed by atoms with van der Waals surface area (Å²) in [6.45, 7) is 16.0. The predicted molar refractivity (Wildman–Crippen MR) is 118 cm³/mol. The zero-order chi connectivity index (χ0) is 17.9. The van der Waals surface area contributed by atoms with Crippen LogP contribution in [0.2, 0.25) is 0 Å². The molecule has 25 heavy (non-hydrogen) atoms. The molecule has 0 aromatic heterocycles. The average molecular weight is 469 g/mol. The van der Waals surface area contributed by atoms with E-state index in [-0.39, 0.29) is 24.0 Å². The third kappa shape index (κ3) is 9.96. The average Bonchev–Trinajstić information content (AvgIpc) is 2.57. The molecule has 2 atom stereocenters. The minimum atomic E-state index is 0. The molecule has 1 aliphatic heterocycles. The zero-order valence-electron chi connectivity index (χ0n) is 17.0. The molecular formula is C18H40IN5O. The molecule has 0 aliphatic carbocycles. The molecule has 7 heteroatoms. The summed E-state index contributed by atoms with van der Waals surface area (Å²) in [5.74, 6) is 1.42. The maximum atomic E-state index is 5.79. The smallest absolute Gasteiger partial charge is 0.191 e. The molecule has 1 aliphatic rings. The monoisotopic (exact) mass is 469 g/mol. The highest BCUT2D eigenvalue weighted by Gasteiger charge is 2.19. The molecule has 1 heterocycles. The Morgan fingerprint density at radius 1 is 1.12 bits per heavy atom. The third-order valence-electron chi connectivity index (χ3n) is 4.80. The van der Waals surface area contributed by atoms with Gasteiger partial charge < -0.3 is 20.3 Å². The van der Waals surface area contributed by atoms with Crippen molar-refractivity contribution in [1.29, 1.82) is 0 Å². The highest BCUT2D eigenvalue weighted by atomic mass is 127. The van der Waals surface area contributed by atoms with Crippen molar-refractivity contribution in [2.24, 2.45) is 10.9 Å². The molecule has 150 valence electrons. The largest absolute Gasteiger partial charge is 0.378 e. The molecule has 0 amide bonds. The van der Waals surface area contributed by atoms with Crippen molar-refractivity contribution >= 4 is 29.9 Å². The Morgan fingerprint density at radius 2 is 1.76 bits per heavy atom. The van der Waals surface area contributed by atoms with Gasteiger partial charge in [0, 0.05) is 59.0 Å². The van der Waals surface area contributed by atoms with Crippen molar-refractivity contribution in [2.75, 3.05) is 60.0 Å². The summed E-state index contributed by atoms with van der Waals surface area (Å²) >= 11 is 0. The summed E-state index contributed by atoms with van der Waals surface area (Å²) in [6.07, 6.45) is 1.31. The van der Waals surface area contributed by atoms with Gasteiger partial charge in [-0.2, -0.15) is 0 Å². The van der Waals surface area contributed by atoms with E-state index in [1.807, 2.05) is 7.05 Å². The van der Waals surface area contributed by atoms with E-state index in [1.54, 1.807) is 0 Å². The lowest BCUT2D eigenvalue weighted by atomic mass is 10.0. The fraction of sp³-hybridized carbons (Fsp3) is 0.944. The second-order valence-electron chi connectivity index (χ2n) is 7.09. The number of rotatable bonds is 9. The van der Waals surface area contributed by atoms with Gasteiger partial charge in [-0.1, -0.05) is 13.8 Å². The number of hydrogen-bond donors (Lipinski definition) is 2. The molecule has 0 aromatic carbocycles. The number of ether oxygens (including phenoxy) is 1. The SMILES string of the molecule is CCOC(CCNC(=NC)NCC(C)N1CCN(C)CC1)C(C)C.I. The number of guanidine groups is 1. The van der Waals surface area contributed by atoms with Crippen LogP contribution in [0, 0.1) is 5.92 Å². The molecule has 1 rings (SSSR count). The lowest BCUT2D eigenvalue weighted by molar-refractivity contribution is 0.0258. The van der Waals surface area contributed by atoms with Crippen molar-refractivity contribution in [3.8, 4) is 0 Å². The first kappa shape index (κ1) is 24.9. The van der Waals surface area contributed by atoms with Crippen LogP contribution in [0.15, 0.2) is 4.99 Å². The summed E-state index contributed by atoms with van der Waals surface area (Å²) in [5, 5.41) is 6.87. The number of nitrogens with one attached hydrogen (secondary N) is 2. The Morgan fingerprint density at radius 3 is 2.28 bits per heavy atom. The molecular weight excluding hydrogens is 429 g/mol. The van der Waals surface area contributed by atoms with Crippen molar-refractivity contribution in [2.45, 2.75) is 46.3 Å². The van der Waals surface area contributed by atoms with Crippen LogP contribution in [0.25, 0.3) is 0 Å². The Labute approximate surface area is 172 Å². The van der Waals surface area contributed by atoms with Crippen LogP contribution in [0.5, 0.6) is 0 Å². The first-order chi connectivity index (χ1) is 11.5. The van der Waals surface area contributed by atoms with E-state index in [2.05, 4.69) is 60.2 Å². The molecule has 2 unspecified atom stereocenters. The quantitative estimate of drug-likeness (QED) is 0.307. The summed E-state index contributed by atoms with van der Waals surface area (Å²) in [4.78, 5) is 9.27. The second-order valence-corrected chi connectivity index (χ2v) is 7.09. The summed E-state index contributed by atoms with van der Waals surface area (Å²) in [5.41, 5.74) is 0. The van der Waals surface area contributed by atoms with E-state index in [4.69, 9.17) is 4.74 Å². The van der Waals surface area contributed by atoms with E-state index >= 15 is 0 Å². The predicted octanol–water partition coefficient (Wildman–Crippen LogP) is 1.86. The second kappa shape index (κ2) is 14.0. The zero-order valence-corrected chi connectivity index (χ0v) is 19.4. The summed E-state index contributed by atoms with van der Waals surface area (Å²) in [7, 11) is 4.02. The Kier molecular flexibility index (Phi) is 13.9. The van der Waals surface area contributed by atoms with Crippen LogP contribution in [0.3, 0.4) is 0 Å². The van der Waals surface area contributed by atoms with Crippen LogP contribution in [0.1, 0.15) is 34.1 Å². The summed E-state index contributed by atoms with van der Waals surface area (Å²) in [6, 6.07) is 0.518. The van der Waals surface area contributed by atoms with Gasteiger partial charge in [-0.05, 0) is 33.2 Å². The molecule has 0 radical (unpaired) electrons. The van der Waals surface area contributed by atoms with Gasteiger partial charge in [-0.15, -0.1) is 24.0 Å². The minimum Gasteiger partial charge on any atom is -0.378 e. The van der Waals surface area contributed by atoms with Gasteiger partial charge in [-0.3, -0.25) is 9.89 Å². The summed E-state index contributed by atoms with van der Waals surface area (Å²) < 4.78 is 5.79. The topological polar surface area (TPSA) is 52.1 Å². The molecule has 6 nitrogen and oxygen atoms in total. The highest BCUT2D eigenvalue weighted by molar-refractivity contribution is 14.0. The van der Waals surface area contributed by atoms with Crippen LogP contribution in [-0.2, 0) is 4.74 Å². The van der Waals surface area contributed by atoms with E-state index in [9.17, 15) is 0 Å². The maximum Gasteiger partial charge on any atom is 0.191 e. The number of halogens is 1. The van der Waals surface area contributed by atoms with Crippen LogP contribution >= 0.6 is 24.0 Å². The van der Waals surface area contributed by atoms with Gasteiger partial charge in [0.05, 0.1) is 6.10 Å². The van der Waals surface area contributed by atoms with Crippen molar-refractivity contribution in [1.82, 2.24) is 20.4 Å². The third-order valence-corrected chi connectivity index (χ3v) is 4.80. The van der Waals surface area contributed by atoms with E-state index in [0.29, 0.717) is 18.1 Å². The van der Waals surface area contributed by atoms with E-state index < -0.39 is 0 Å². The molecule has 1 fully saturated rings. The molecule has 0 spiro atoms. The minimum absolute atomic E-state index is 0. The number of likely N-dealkylation sites (N-methyl/N-ethyl adjacent to an activating group) is 1. The lowest BCUT2D eigenvalue weighted by Gasteiger charge is -2.36. The van der Waals surface area contributed by atoms with Crippen LogP contribution in [0.4, 0.5) is 0 Å². The number of nitrogens with zero attached hydrogens (tertiary/aromatic N) is 3. The Balaban J connectivity index is 0.00000576. The van der Waals surface area contributed by atoms with Gasteiger partial charge in [0.2, 0.25) is 0 Å². The van der Waals surface area contributed by atoms with Crippen molar-refractivity contribution < 1.29 is 4.74 Å². The first-order valence-corrected chi connectivity index (χ1v) is 9.46. The fourth-order valence-corrected chi connectivity index (χ4v) is 3.01. The number of piperazine rings is 1. The lowest BCUT2D eigenvalue weighted by Crippen LogP contribution is -2.52. The Bertz CT molecular complexity index is 359. The first-order valence-electron chi connectivity index (χ1n) is 9.46. The van der Waals surface area contributed by atoms with Gasteiger partial charge in [0.15, 0.2) is 5.96 Å². The van der Waals surface area contributed by atoms with E-state index in [1.165, 1.54) is 0 Å². The standard InChI is InChI=1S/C18H39N5O.HI/c1-7-24-17(15(2)3)8-9-20-18(19-5)21-14-16(4)23-12-10-22(6)11-13-23;/h15-17H,7-14H2,1-6H3,(H2,19,20,21);1H. The molecule has 0 saturated carbocycles. The van der Waals surface area contributed by atoms with Gasteiger partial charge in [0.1, 0.15) is 0 Å². The molecule has 1 saturated heterocycles. The van der Waals surface area contributed by atoms with Gasteiger partial charge in [0.25, 0.3) is 0 Å². The van der Waals surface area contributed by atoms with Crippen molar-refractivity contribution in [3.63, 3.8) is 0 Å². The molecule has 2 N–H and O–H groups in total. The van der Waals surface area contributed by atoms with Gasteiger partial charge in [-0.25, -0.2) is 0 Å². The van der Waals surface area contributed by atoms with Gasteiger partial charge >= 0.3 is 0 Å². The maximum absolute atomic E-state index is 5.79. The van der Waals surface area contributed by atoms with Crippen LogP contribution in [-0.4, -0.2) is 87.9 Å². The number of hydrogen-bond acceptors (Lipinski definition) is 4. The normalized spacial score (nSPS) is 19.4. The van der Waals surface area contributed by atoms with Crippen LogP contribution < -0.4 is 10.6 Å². The highest BCUT2D eigenvalue weighted by Crippen LogP contribution is 2.10. The van der Waals surface area contributed by atoms with E-state index in [0.717, 1.165) is 58.3 Å². The van der Waals surface area contributed by atoms with Crippen molar-refractivity contribution in [3.05, 3.63) is 0 Å². The Hall–Kier alpha value is -0.120. The fourth-order valence-electron chi connectivity index (χ4n) is 3.01. The molecule has 0 aromatic rings. The number of aliphatic imine (C=N–C) groups is 1.